The van der Waals surface area contributed by atoms with E-state index in [0.29, 0.717) is 18.3 Å². The van der Waals surface area contributed by atoms with Crippen LogP contribution in [0.4, 0.5) is 4.39 Å². The minimum Gasteiger partial charge on any atom is -0.309 e. The van der Waals surface area contributed by atoms with E-state index in [1.807, 2.05) is 6.07 Å². The number of nitrogens with zero attached hydrogens (tertiary/aromatic N) is 2. The Balaban J connectivity index is 2.16. The molecule has 1 aromatic carbocycles. The van der Waals surface area contributed by atoms with Crippen molar-refractivity contribution < 1.29 is 4.39 Å². The van der Waals surface area contributed by atoms with Crippen LogP contribution in [0, 0.1) is 5.82 Å². The average molecular weight is 268 g/mol. The maximum atomic E-state index is 13.3. The number of benzene rings is 1. The molecule has 0 spiro atoms. The van der Waals surface area contributed by atoms with Gasteiger partial charge in [0.25, 0.3) is 0 Å². The Labute approximate surface area is 111 Å². The number of hydrogen-bond donors (Lipinski definition) is 1. The van der Waals surface area contributed by atoms with Crippen molar-refractivity contribution in [2.75, 3.05) is 0 Å². The van der Waals surface area contributed by atoms with Gasteiger partial charge in [-0.15, -0.1) is 0 Å². The topological polar surface area (TPSA) is 29.9 Å². The Kier molecular flexibility index (Phi) is 3.99. The van der Waals surface area contributed by atoms with E-state index in [2.05, 4.69) is 24.3 Å². The summed E-state index contributed by atoms with van der Waals surface area (Å²) in [5, 5.41) is 7.76. The largest absolute Gasteiger partial charge is 0.309 e. The highest BCUT2D eigenvalue weighted by Gasteiger charge is 2.05. The van der Waals surface area contributed by atoms with E-state index in [9.17, 15) is 4.39 Å². The molecule has 18 heavy (non-hydrogen) atoms. The highest BCUT2D eigenvalue weighted by Crippen LogP contribution is 2.17. The second kappa shape index (κ2) is 5.50. The monoisotopic (exact) mass is 267 g/mol. The van der Waals surface area contributed by atoms with Gasteiger partial charge in [0.05, 0.1) is 16.4 Å². The minimum absolute atomic E-state index is 0.118. The quantitative estimate of drug-likeness (QED) is 0.922. The van der Waals surface area contributed by atoms with Gasteiger partial charge in [0, 0.05) is 24.8 Å². The van der Waals surface area contributed by atoms with E-state index in [0.717, 1.165) is 5.69 Å². The van der Waals surface area contributed by atoms with E-state index in [4.69, 9.17) is 11.6 Å². The zero-order valence-electron chi connectivity index (χ0n) is 10.3. The van der Waals surface area contributed by atoms with Gasteiger partial charge in [-0.25, -0.2) is 9.07 Å². The maximum absolute atomic E-state index is 13.3. The van der Waals surface area contributed by atoms with Gasteiger partial charge in [0.15, 0.2) is 0 Å². The van der Waals surface area contributed by atoms with Crippen molar-refractivity contribution in [3.8, 4) is 5.69 Å². The van der Waals surface area contributed by atoms with Crippen molar-refractivity contribution in [1.82, 2.24) is 15.1 Å². The maximum Gasteiger partial charge on any atom is 0.143 e. The van der Waals surface area contributed by atoms with Crippen molar-refractivity contribution in [3.05, 3.63) is 47.0 Å². The normalized spacial score (nSPS) is 11.2. The number of rotatable bonds is 4. The lowest BCUT2D eigenvalue weighted by molar-refractivity contribution is 0.577. The molecule has 0 saturated carbocycles. The molecule has 0 aliphatic carbocycles. The van der Waals surface area contributed by atoms with Crippen molar-refractivity contribution >= 4 is 11.6 Å². The van der Waals surface area contributed by atoms with Crippen molar-refractivity contribution in [2.45, 2.75) is 26.4 Å². The van der Waals surface area contributed by atoms with E-state index >= 15 is 0 Å². The third-order valence-electron chi connectivity index (χ3n) is 2.50. The zero-order valence-corrected chi connectivity index (χ0v) is 11.1. The van der Waals surface area contributed by atoms with Crippen molar-refractivity contribution in [1.29, 1.82) is 0 Å². The van der Waals surface area contributed by atoms with Gasteiger partial charge in [-0.1, -0.05) is 25.4 Å². The molecule has 0 saturated heterocycles. The lowest BCUT2D eigenvalue weighted by atomic mass is 10.3. The van der Waals surface area contributed by atoms with Gasteiger partial charge in [-0.2, -0.15) is 5.10 Å². The van der Waals surface area contributed by atoms with Crippen molar-refractivity contribution in [3.63, 3.8) is 0 Å². The molecule has 2 rings (SSSR count). The predicted octanol–water partition coefficient (Wildman–Crippen LogP) is 3.16. The lowest BCUT2D eigenvalue weighted by Gasteiger charge is -2.05. The van der Waals surface area contributed by atoms with Crippen LogP contribution >= 0.6 is 11.6 Å². The summed E-state index contributed by atoms with van der Waals surface area (Å²) >= 11 is 5.64. The number of halogens is 2. The van der Waals surface area contributed by atoms with Gasteiger partial charge in [0.2, 0.25) is 0 Å². The molecular weight excluding hydrogens is 253 g/mol. The third kappa shape index (κ3) is 3.09. The number of aromatic nitrogens is 2. The molecule has 5 heteroatoms. The second-order valence-electron chi connectivity index (χ2n) is 4.39. The molecule has 1 N–H and O–H groups in total. The standard InChI is InChI=1S/C13H15ClFN3/c1-9(2)16-8-10-5-6-18(17-10)11-3-4-12(14)13(15)7-11/h3-7,9,16H,8H2,1-2H3. The number of nitrogens with one attached hydrogen (secondary N) is 1. The highest BCUT2D eigenvalue weighted by molar-refractivity contribution is 6.30. The SMILES string of the molecule is CC(C)NCc1ccn(-c2ccc(Cl)c(F)c2)n1. The van der Waals surface area contributed by atoms with Gasteiger partial charge >= 0.3 is 0 Å². The molecule has 0 radical (unpaired) electrons. The summed E-state index contributed by atoms with van der Waals surface area (Å²) in [7, 11) is 0. The van der Waals surface area contributed by atoms with Gasteiger partial charge < -0.3 is 5.32 Å². The lowest BCUT2D eigenvalue weighted by Crippen LogP contribution is -2.22. The van der Waals surface area contributed by atoms with Crippen LogP contribution in [0.15, 0.2) is 30.5 Å². The second-order valence-corrected chi connectivity index (χ2v) is 4.79. The summed E-state index contributed by atoms with van der Waals surface area (Å²) in [6, 6.07) is 6.94. The minimum atomic E-state index is -0.438. The van der Waals surface area contributed by atoms with Gasteiger partial charge in [-0.3, -0.25) is 0 Å². The van der Waals surface area contributed by atoms with Crippen LogP contribution in [0.25, 0.3) is 5.69 Å². The van der Waals surface area contributed by atoms with Crippen molar-refractivity contribution in [2.24, 2.45) is 0 Å². The Morgan fingerprint density at radius 2 is 2.17 bits per heavy atom. The van der Waals surface area contributed by atoms with E-state index < -0.39 is 5.82 Å². The fourth-order valence-corrected chi connectivity index (χ4v) is 1.65. The van der Waals surface area contributed by atoms with Crippen LogP contribution in [0.2, 0.25) is 5.02 Å². The Bertz CT molecular complexity index is 537. The summed E-state index contributed by atoms with van der Waals surface area (Å²) in [6.07, 6.45) is 1.81. The zero-order chi connectivity index (χ0) is 13.1. The van der Waals surface area contributed by atoms with E-state index in [-0.39, 0.29) is 5.02 Å². The fourth-order valence-electron chi connectivity index (χ4n) is 1.54. The van der Waals surface area contributed by atoms with Crippen LogP contribution in [0.3, 0.4) is 0 Å². The summed E-state index contributed by atoms with van der Waals surface area (Å²) in [5.74, 6) is -0.438. The van der Waals surface area contributed by atoms with Gasteiger partial charge in [-0.05, 0) is 18.2 Å². The van der Waals surface area contributed by atoms with Crippen LogP contribution in [0.1, 0.15) is 19.5 Å². The first-order valence-electron chi connectivity index (χ1n) is 5.79. The molecule has 0 aliphatic rings. The Morgan fingerprint density at radius 3 is 2.83 bits per heavy atom. The van der Waals surface area contributed by atoms with Crippen LogP contribution in [-0.4, -0.2) is 15.8 Å². The molecule has 96 valence electrons. The van der Waals surface area contributed by atoms with Crippen LogP contribution < -0.4 is 5.32 Å². The first-order chi connectivity index (χ1) is 8.56. The molecule has 0 unspecified atom stereocenters. The molecule has 0 atom stereocenters. The van der Waals surface area contributed by atoms with E-state index in [1.165, 1.54) is 12.1 Å². The highest BCUT2D eigenvalue weighted by atomic mass is 35.5. The van der Waals surface area contributed by atoms with E-state index in [1.54, 1.807) is 16.9 Å². The summed E-state index contributed by atoms with van der Waals surface area (Å²) in [5.41, 5.74) is 1.58. The summed E-state index contributed by atoms with van der Waals surface area (Å²) < 4.78 is 15.0. The summed E-state index contributed by atoms with van der Waals surface area (Å²) in [4.78, 5) is 0. The fraction of sp³-hybridized carbons (Fsp3) is 0.308. The molecule has 1 heterocycles. The summed E-state index contributed by atoms with van der Waals surface area (Å²) in [6.45, 7) is 4.85. The molecule has 2 aromatic rings. The molecule has 3 nitrogen and oxygen atoms in total. The molecule has 0 bridgehead atoms. The Morgan fingerprint density at radius 1 is 1.39 bits per heavy atom. The number of hydrogen-bond acceptors (Lipinski definition) is 2. The smallest absolute Gasteiger partial charge is 0.143 e. The molecule has 0 aliphatic heterocycles. The molecule has 1 aromatic heterocycles. The first kappa shape index (κ1) is 13.1. The average Bonchev–Trinajstić information content (AvgIpc) is 2.79. The first-order valence-corrected chi connectivity index (χ1v) is 6.17. The van der Waals surface area contributed by atoms with Gasteiger partial charge in [0.1, 0.15) is 5.82 Å². The third-order valence-corrected chi connectivity index (χ3v) is 2.81. The predicted molar refractivity (Wildman–Crippen MR) is 70.5 cm³/mol. The van der Waals surface area contributed by atoms with Crippen LogP contribution in [-0.2, 0) is 6.54 Å². The molecular formula is C13H15ClFN3. The molecule has 0 amide bonds. The Hall–Kier alpha value is -1.39. The molecule has 0 fully saturated rings. The van der Waals surface area contributed by atoms with Crippen LogP contribution in [0.5, 0.6) is 0 Å².